The summed E-state index contributed by atoms with van der Waals surface area (Å²) in [5.74, 6) is -0.655. The average Bonchev–Trinajstić information content (AvgIpc) is 2.97. The first-order valence-electron chi connectivity index (χ1n) is 8.38. The number of rotatable bonds is 3. The molecule has 2 aromatic rings. The Bertz CT molecular complexity index is 792. The first-order chi connectivity index (χ1) is 12.2. The lowest BCUT2D eigenvalue weighted by molar-refractivity contribution is -0.141. The van der Waals surface area contributed by atoms with Gasteiger partial charge in [-0.1, -0.05) is 12.1 Å². The van der Waals surface area contributed by atoms with E-state index in [4.69, 9.17) is 0 Å². The van der Waals surface area contributed by atoms with E-state index in [1.807, 2.05) is 6.07 Å². The molecule has 1 aliphatic rings. The van der Waals surface area contributed by atoms with Gasteiger partial charge in [0.15, 0.2) is 5.69 Å². The van der Waals surface area contributed by atoms with Crippen LogP contribution in [0.25, 0.3) is 0 Å². The van der Waals surface area contributed by atoms with Crippen LogP contribution in [-0.4, -0.2) is 33.7 Å². The van der Waals surface area contributed by atoms with Crippen molar-refractivity contribution < 1.29 is 22.4 Å². The summed E-state index contributed by atoms with van der Waals surface area (Å²) in [4.78, 5) is 14.0. The van der Waals surface area contributed by atoms with Crippen molar-refractivity contribution >= 4 is 5.91 Å². The SMILES string of the molecule is Cn1cc(C(=O)N2CCC(Cc3cccc(F)c3)CC2)c(C(F)(F)F)n1. The molecule has 0 saturated carbocycles. The molecular formula is C18H19F4N3O. The van der Waals surface area contributed by atoms with E-state index < -0.39 is 23.3 Å². The maximum Gasteiger partial charge on any atom is 0.435 e. The van der Waals surface area contributed by atoms with Gasteiger partial charge >= 0.3 is 6.18 Å². The number of carbonyl (C=O) groups is 1. The summed E-state index contributed by atoms with van der Waals surface area (Å²) in [5.41, 5.74) is -0.670. The molecule has 26 heavy (non-hydrogen) atoms. The molecule has 0 atom stereocenters. The van der Waals surface area contributed by atoms with Crippen LogP contribution < -0.4 is 0 Å². The molecule has 1 aliphatic heterocycles. The number of hydrogen-bond donors (Lipinski definition) is 0. The van der Waals surface area contributed by atoms with Crippen LogP contribution in [0.2, 0.25) is 0 Å². The highest BCUT2D eigenvalue weighted by atomic mass is 19.4. The highest BCUT2D eigenvalue weighted by Gasteiger charge is 2.40. The van der Waals surface area contributed by atoms with E-state index in [-0.39, 0.29) is 11.7 Å². The second-order valence-electron chi connectivity index (χ2n) is 6.63. The highest BCUT2D eigenvalue weighted by Crippen LogP contribution is 2.32. The monoisotopic (exact) mass is 369 g/mol. The van der Waals surface area contributed by atoms with Gasteiger partial charge < -0.3 is 4.90 Å². The Labute approximate surface area is 148 Å². The number of benzene rings is 1. The van der Waals surface area contributed by atoms with Crippen LogP contribution >= 0.6 is 0 Å². The lowest BCUT2D eigenvalue weighted by Gasteiger charge is -2.32. The number of nitrogens with zero attached hydrogens (tertiary/aromatic N) is 3. The molecule has 3 rings (SSSR count). The molecule has 0 radical (unpaired) electrons. The lowest BCUT2D eigenvalue weighted by Crippen LogP contribution is -2.39. The molecule has 4 nitrogen and oxygen atoms in total. The van der Waals surface area contributed by atoms with Gasteiger partial charge in [-0.2, -0.15) is 18.3 Å². The fraction of sp³-hybridized carbons (Fsp3) is 0.444. The van der Waals surface area contributed by atoms with E-state index >= 15 is 0 Å². The standard InChI is InChI=1S/C18H19F4N3O/c1-24-11-15(16(23-24)18(20,21)22)17(26)25-7-5-12(6-8-25)9-13-3-2-4-14(19)10-13/h2-4,10-12H,5-9H2,1H3. The smallest absolute Gasteiger partial charge is 0.339 e. The van der Waals surface area contributed by atoms with Gasteiger partial charge in [-0.05, 0) is 42.9 Å². The van der Waals surface area contributed by atoms with Crippen molar-refractivity contribution in [1.82, 2.24) is 14.7 Å². The summed E-state index contributed by atoms with van der Waals surface area (Å²) in [6, 6.07) is 6.38. The fourth-order valence-corrected chi connectivity index (χ4v) is 3.36. The Morgan fingerprint density at radius 1 is 1.27 bits per heavy atom. The van der Waals surface area contributed by atoms with Crippen LogP contribution in [0.3, 0.4) is 0 Å². The van der Waals surface area contributed by atoms with E-state index in [1.54, 1.807) is 6.07 Å². The van der Waals surface area contributed by atoms with Crippen molar-refractivity contribution in [2.24, 2.45) is 13.0 Å². The molecule has 1 aromatic heterocycles. The molecule has 1 amide bonds. The number of hydrogen-bond acceptors (Lipinski definition) is 2. The second-order valence-corrected chi connectivity index (χ2v) is 6.63. The fourth-order valence-electron chi connectivity index (χ4n) is 3.36. The summed E-state index contributed by atoms with van der Waals surface area (Å²) in [7, 11) is 1.36. The third-order valence-corrected chi connectivity index (χ3v) is 4.64. The third kappa shape index (κ3) is 4.05. The number of alkyl halides is 3. The largest absolute Gasteiger partial charge is 0.435 e. The molecule has 2 heterocycles. The number of piperidine rings is 1. The molecular weight excluding hydrogens is 350 g/mol. The van der Waals surface area contributed by atoms with Gasteiger partial charge in [0.1, 0.15) is 5.82 Å². The van der Waals surface area contributed by atoms with E-state index in [0.29, 0.717) is 32.4 Å². The Kier molecular flexibility index (Phi) is 5.02. The number of likely N-dealkylation sites (tertiary alicyclic amines) is 1. The highest BCUT2D eigenvalue weighted by molar-refractivity contribution is 5.95. The molecule has 0 N–H and O–H groups in total. The van der Waals surface area contributed by atoms with Crippen molar-refractivity contribution in [2.75, 3.05) is 13.1 Å². The van der Waals surface area contributed by atoms with Gasteiger partial charge in [-0.25, -0.2) is 4.39 Å². The summed E-state index contributed by atoms with van der Waals surface area (Å²) in [5, 5.41) is 3.39. The van der Waals surface area contributed by atoms with Crippen molar-refractivity contribution in [3.8, 4) is 0 Å². The molecule has 1 saturated heterocycles. The first-order valence-corrected chi connectivity index (χ1v) is 8.38. The third-order valence-electron chi connectivity index (χ3n) is 4.64. The molecule has 140 valence electrons. The molecule has 1 fully saturated rings. The minimum Gasteiger partial charge on any atom is -0.339 e. The lowest BCUT2D eigenvalue weighted by atomic mass is 9.90. The summed E-state index contributed by atoms with van der Waals surface area (Å²) >= 11 is 0. The summed E-state index contributed by atoms with van der Waals surface area (Å²) in [6.45, 7) is 0.760. The van der Waals surface area contributed by atoms with E-state index in [2.05, 4.69) is 5.10 Å². The van der Waals surface area contributed by atoms with Gasteiger partial charge in [-0.3, -0.25) is 9.48 Å². The number of aryl methyl sites for hydroxylation is 1. The maximum atomic E-state index is 13.3. The Balaban J connectivity index is 1.64. The zero-order chi connectivity index (χ0) is 18.9. The van der Waals surface area contributed by atoms with Gasteiger partial charge in [0.05, 0.1) is 5.56 Å². The number of carbonyl (C=O) groups excluding carboxylic acids is 1. The van der Waals surface area contributed by atoms with Gasteiger partial charge in [-0.15, -0.1) is 0 Å². The van der Waals surface area contributed by atoms with Crippen LogP contribution in [0.4, 0.5) is 17.6 Å². The van der Waals surface area contributed by atoms with Crippen LogP contribution in [0.15, 0.2) is 30.5 Å². The average molecular weight is 369 g/mol. The van der Waals surface area contributed by atoms with E-state index in [0.717, 1.165) is 16.4 Å². The predicted molar refractivity (Wildman–Crippen MR) is 86.9 cm³/mol. The molecule has 1 aromatic carbocycles. The normalized spacial score (nSPS) is 16.1. The van der Waals surface area contributed by atoms with Gasteiger partial charge in [0.25, 0.3) is 5.91 Å². The Hall–Kier alpha value is -2.38. The number of amides is 1. The molecule has 0 bridgehead atoms. The molecule has 8 heteroatoms. The topological polar surface area (TPSA) is 38.1 Å². The van der Waals surface area contributed by atoms with Gasteiger partial charge in [0, 0.05) is 26.3 Å². The Morgan fingerprint density at radius 2 is 1.96 bits per heavy atom. The van der Waals surface area contributed by atoms with Gasteiger partial charge in [0.2, 0.25) is 0 Å². The van der Waals surface area contributed by atoms with Crippen LogP contribution in [0, 0.1) is 11.7 Å². The zero-order valence-electron chi connectivity index (χ0n) is 14.3. The second kappa shape index (κ2) is 7.09. The predicted octanol–water partition coefficient (Wildman–Crippen LogP) is 3.67. The summed E-state index contributed by atoms with van der Waals surface area (Å²) < 4.78 is 53.4. The minimum absolute atomic E-state index is 0.275. The van der Waals surface area contributed by atoms with Crippen LogP contribution in [0.1, 0.15) is 34.5 Å². The minimum atomic E-state index is -4.66. The van der Waals surface area contributed by atoms with E-state index in [9.17, 15) is 22.4 Å². The molecule has 0 unspecified atom stereocenters. The van der Waals surface area contributed by atoms with Crippen LogP contribution in [0.5, 0.6) is 0 Å². The maximum absolute atomic E-state index is 13.3. The quantitative estimate of drug-likeness (QED) is 0.775. The van der Waals surface area contributed by atoms with Crippen molar-refractivity contribution in [2.45, 2.75) is 25.4 Å². The zero-order valence-corrected chi connectivity index (χ0v) is 14.3. The van der Waals surface area contributed by atoms with Crippen molar-refractivity contribution in [1.29, 1.82) is 0 Å². The number of aromatic nitrogens is 2. The van der Waals surface area contributed by atoms with Crippen molar-refractivity contribution in [3.05, 3.63) is 53.1 Å². The first kappa shape index (κ1) is 18.4. The van der Waals surface area contributed by atoms with Crippen LogP contribution in [-0.2, 0) is 19.6 Å². The number of halogens is 4. The summed E-state index contributed by atoms with van der Waals surface area (Å²) in [6.07, 6.45) is -1.51. The molecule has 0 aliphatic carbocycles. The Morgan fingerprint density at radius 3 is 2.58 bits per heavy atom. The molecule has 0 spiro atoms. The van der Waals surface area contributed by atoms with Crippen molar-refractivity contribution in [3.63, 3.8) is 0 Å². The van der Waals surface area contributed by atoms with E-state index in [1.165, 1.54) is 24.1 Å².